The second-order valence-electron chi connectivity index (χ2n) is 28.9. The highest BCUT2D eigenvalue weighted by molar-refractivity contribution is 7.17. The van der Waals surface area contributed by atoms with Crippen LogP contribution in [0.25, 0.3) is 45.3 Å². The number of fused-ring (bicyclic) bond motifs is 1. The normalized spacial score (nSPS) is 11.5. The molecule has 0 spiro atoms. The average Bonchev–Trinajstić information content (AvgIpc) is 1.68. The number of hydrazine groups is 1. The number of carbonyl (C=O) groups is 4. The third-order valence-corrected chi connectivity index (χ3v) is 23.7. The summed E-state index contributed by atoms with van der Waals surface area (Å²) >= 11 is 16.1. The van der Waals surface area contributed by atoms with Gasteiger partial charge in [0.2, 0.25) is 0 Å². The maximum atomic E-state index is 11.9. The number of hydroxylamine groups is 2. The number of hydrogen-bond acceptors (Lipinski definition) is 25. The van der Waals surface area contributed by atoms with Crippen LogP contribution in [0.5, 0.6) is 0 Å². The number of nitrogens with two attached hydrogens (primary N) is 1. The number of carboxylic acid groups (broad SMARTS) is 2. The maximum Gasteiger partial charge on any atom is 0.335 e. The third kappa shape index (κ3) is 28.4. The van der Waals surface area contributed by atoms with Gasteiger partial charge < -0.3 is 44.6 Å². The van der Waals surface area contributed by atoms with Gasteiger partial charge in [-0.25, -0.2) is 57.7 Å². The second kappa shape index (κ2) is 50.1. The summed E-state index contributed by atoms with van der Waals surface area (Å²) in [6.45, 7) is 13.7. The number of benzene rings is 8. The van der Waals surface area contributed by atoms with E-state index >= 15 is 0 Å². The first-order chi connectivity index (χ1) is 64.9. The number of nitrogens with one attached hydrogen (secondary N) is 1. The van der Waals surface area contributed by atoms with E-state index in [2.05, 4.69) is 100 Å². The van der Waals surface area contributed by atoms with Crippen LogP contribution < -0.4 is 16.2 Å². The zero-order valence-corrected chi connectivity index (χ0v) is 78.1. The van der Waals surface area contributed by atoms with Crippen LogP contribution in [0.2, 0.25) is 8.93 Å². The van der Waals surface area contributed by atoms with Crippen LogP contribution >= 0.6 is 57.2 Å². The molecule has 9 aromatic heterocycles. The van der Waals surface area contributed by atoms with E-state index in [1.807, 2.05) is 168 Å². The molecule has 31 nitrogen and oxygen atoms in total. The van der Waals surface area contributed by atoms with E-state index < -0.39 is 17.5 Å². The lowest BCUT2D eigenvalue weighted by molar-refractivity contribution is -0.178. The van der Waals surface area contributed by atoms with Crippen molar-refractivity contribution in [2.24, 2.45) is 5.84 Å². The number of carbonyl (C=O) groups excluding carboxylic acids is 2. The molecule has 0 fully saturated rings. The predicted molar refractivity (Wildman–Crippen MR) is 521 cm³/mol. The Kier molecular flexibility index (Phi) is 37.4. The molecule has 1 amide bonds. The lowest BCUT2D eigenvalue weighted by atomic mass is 9.94. The summed E-state index contributed by atoms with van der Waals surface area (Å²) in [5.41, 5.74) is 16.6. The van der Waals surface area contributed by atoms with Crippen molar-refractivity contribution in [3.63, 3.8) is 0 Å². The molecule has 688 valence electrons. The lowest BCUT2D eigenvalue weighted by Gasteiger charge is -2.28. The van der Waals surface area contributed by atoms with E-state index in [0.29, 0.717) is 37.0 Å². The molecule has 0 aliphatic carbocycles. The maximum absolute atomic E-state index is 11.9. The van der Waals surface area contributed by atoms with Crippen molar-refractivity contribution in [3.8, 4) is 34.1 Å². The molecule has 36 heteroatoms. The molecule has 6 N–H and O–H groups in total. The molecule has 0 saturated heterocycles. The summed E-state index contributed by atoms with van der Waals surface area (Å²) in [5.74, 6) is 3.06. The van der Waals surface area contributed by atoms with Crippen LogP contribution in [-0.4, -0.2) is 179 Å². The number of ketones is 1. The van der Waals surface area contributed by atoms with E-state index in [9.17, 15) is 24.3 Å². The van der Waals surface area contributed by atoms with Crippen LogP contribution in [0.4, 0.5) is 10.8 Å². The van der Waals surface area contributed by atoms with Crippen LogP contribution in [0.3, 0.4) is 0 Å². The van der Waals surface area contributed by atoms with Gasteiger partial charge in [0.15, 0.2) is 32.4 Å². The van der Waals surface area contributed by atoms with Gasteiger partial charge in [-0.15, -0.1) is 22.7 Å². The van der Waals surface area contributed by atoms with E-state index in [-0.39, 0.29) is 35.4 Å². The number of amides is 1. The summed E-state index contributed by atoms with van der Waals surface area (Å²) in [4.78, 5) is 66.8. The molecule has 1 atom stereocenters. The molecule has 8 aromatic carbocycles. The molecule has 134 heavy (non-hydrogen) atoms. The van der Waals surface area contributed by atoms with Crippen LogP contribution in [-0.2, 0) is 42.4 Å². The molecule has 0 saturated carbocycles. The lowest BCUT2D eigenvalue weighted by Crippen LogP contribution is -2.30. The molecule has 1 aliphatic rings. The Morgan fingerprint density at radius 3 is 1.25 bits per heavy atom. The zero-order valence-electron chi connectivity index (χ0n) is 74.2. The quantitative estimate of drug-likeness (QED) is 0.0154. The van der Waals surface area contributed by atoms with Gasteiger partial charge in [-0.05, 0) is 199 Å². The number of methoxy groups -OCH3 is 4. The number of anilines is 2. The van der Waals surface area contributed by atoms with Crippen molar-refractivity contribution in [3.05, 3.63) is 410 Å². The molecule has 0 radical (unpaired) electrons. The van der Waals surface area contributed by atoms with E-state index in [0.717, 1.165) is 96.4 Å². The van der Waals surface area contributed by atoms with E-state index in [1.165, 1.54) is 58.1 Å². The fourth-order valence-electron chi connectivity index (χ4n) is 12.8. The van der Waals surface area contributed by atoms with Crippen molar-refractivity contribution in [2.75, 3.05) is 59.5 Å². The predicted octanol–water partition coefficient (Wildman–Crippen LogP) is 18.7. The minimum absolute atomic E-state index is 0.0685. The number of nitrogen functional groups attached to an aromatic ring is 1. The largest absolute Gasteiger partial charge is 0.478 e. The van der Waals surface area contributed by atoms with Gasteiger partial charge in [0, 0.05) is 165 Å². The monoisotopic (exact) mass is 1900 g/mol. The summed E-state index contributed by atoms with van der Waals surface area (Å²) in [5, 5.41) is 55.3. The van der Waals surface area contributed by atoms with Gasteiger partial charge in [0.25, 0.3) is 5.91 Å². The molecule has 1 aliphatic heterocycles. The minimum Gasteiger partial charge on any atom is -0.478 e. The van der Waals surface area contributed by atoms with Crippen molar-refractivity contribution >= 4 is 103 Å². The number of ether oxygens (including phenoxy) is 4. The number of rotatable bonds is 25. The summed E-state index contributed by atoms with van der Waals surface area (Å²) in [6, 6.07) is 71.3. The van der Waals surface area contributed by atoms with Gasteiger partial charge in [0.1, 0.15) is 5.60 Å². The Morgan fingerprint density at radius 1 is 0.470 bits per heavy atom. The number of carboxylic acids is 2. The summed E-state index contributed by atoms with van der Waals surface area (Å²) in [7, 11) is 9.35. The van der Waals surface area contributed by atoms with Gasteiger partial charge in [0.05, 0.1) is 67.0 Å². The van der Waals surface area contributed by atoms with Crippen LogP contribution in [0.15, 0.2) is 337 Å². The Balaban J connectivity index is 0.000000150. The Hall–Kier alpha value is -14.6. The molecule has 18 rings (SSSR count). The topological polar surface area (TPSA) is 365 Å². The highest BCUT2D eigenvalue weighted by atomic mass is 35.5. The SMILES string of the molecule is C=C(c1cccc(-n2cccn2)c1)c1cnc(Cl)s1.C=C(c1cccc(-n2cccn2)c1)c1cnc(N2CCc3ccccc3C2)s1.CC(=O)c1cccc(-n2cccn2)c1.CC(O)(c1cccc(-n2cccn2)c1)c1cnc(Cl)s1.COC(CC(OC)OC)OC.CON(C)C(=O)c1cccc(-n2cccn2)c1.NNc1cccc(C(=O)O)c1.O=C(O)c1cccc(-n2cccn2)c1. The first kappa shape index (κ1) is 99.9. The number of aliphatic hydroxyl groups is 1. The van der Waals surface area contributed by atoms with E-state index in [4.69, 9.17) is 68.0 Å². The second-order valence-corrected chi connectivity index (χ2v) is 33.1. The minimum atomic E-state index is -1.13. The fraction of sp³-hybridized carbons (Fsp3) is 0.153. The Labute approximate surface area is 795 Å². The molecule has 0 bridgehead atoms. The van der Waals surface area contributed by atoms with Crippen LogP contribution in [0, 0.1) is 0 Å². The molecule has 1 unspecified atom stereocenters. The smallest absolute Gasteiger partial charge is 0.335 e. The summed E-state index contributed by atoms with van der Waals surface area (Å²) in [6.07, 6.45) is 27.9. The first-order valence-corrected chi connectivity index (χ1v) is 44.3. The number of aromatic nitrogens is 15. The Morgan fingerprint density at radius 2 is 0.843 bits per heavy atom. The Bertz CT molecular complexity index is 6470. The highest BCUT2D eigenvalue weighted by Crippen LogP contribution is 2.37. The van der Waals surface area contributed by atoms with Gasteiger partial charge in [-0.2, -0.15) is 30.6 Å². The molecule has 10 heterocycles. The van der Waals surface area contributed by atoms with Gasteiger partial charge >= 0.3 is 11.9 Å². The van der Waals surface area contributed by atoms with Crippen molar-refractivity contribution in [1.82, 2.24) is 78.7 Å². The van der Waals surface area contributed by atoms with Crippen LogP contribution in [0.1, 0.15) is 104 Å². The number of thiazole rings is 3. The first-order valence-electron chi connectivity index (χ1n) is 41.1. The van der Waals surface area contributed by atoms with E-state index in [1.54, 1.807) is 196 Å². The molecular formula is C98H97Cl2N19O12S3. The standard InChI is InChI=1S/C23H20N4S.C14H12ClN3OS.C14H10ClN3S.C12H13N3O2.C11H10N2O.C10H8N2O2.C7H8N2O2.C7H16O4/c1-17(19-8-4-9-21(14-19)27-12-5-11-25-27)22-15-24-23(28-22)26-13-10-18-6-2-3-7-20(18)16-26;1-14(19,12-9-16-13(15)20-12)10-4-2-5-11(8-10)18-7-3-6-17-18;1-10(13-9-16-14(15)19-13)11-4-2-5-12(8-11)18-7-3-6-17-18;1-14(17-2)12(16)10-5-3-6-11(9-10)15-8-4-7-13-15;1-9(14)10-4-2-5-11(8-10)13-7-3-6-12-13;13-10(14)8-3-1-4-9(7-8)12-6-2-5-11-12;8-9-6-3-1-2-5(4-6)7(10)11;1-8-6(9-2)5-7(10-3)11-4/h2-9,11-12,14-15H,1,10,13,16H2;2-9,19H,1H3;2-9H,1H2;3-9H,1-2H3;2-8H,1H3;1-7H,(H,13,14);1-4,9H,8H2,(H,10,11);6-7H,5H2,1-4H3. The summed E-state index contributed by atoms with van der Waals surface area (Å²) < 4.78 is 31.2. The molecular weight excluding hydrogens is 1800 g/mol. The zero-order chi connectivity index (χ0) is 95.5. The number of Topliss-reactive ketones (excluding diaryl/α,β-unsaturated/α-hetero) is 1. The third-order valence-electron chi connectivity index (χ3n) is 20.0. The van der Waals surface area contributed by atoms with Gasteiger partial charge in [-0.1, -0.05) is 139 Å². The number of halogens is 2. The highest BCUT2D eigenvalue weighted by Gasteiger charge is 2.29. The number of nitrogens with zero attached hydrogens (tertiary/aromatic N) is 17. The van der Waals surface area contributed by atoms with Crippen molar-refractivity contribution < 1.29 is 58.3 Å². The van der Waals surface area contributed by atoms with Gasteiger partial charge in [-0.3, -0.25) is 20.3 Å². The van der Waals surface area contributed by atoms with Crippen molar-refractivity contribution in [1.29, 1.82) is 0 Å². The van der Waals surface area contributed by atoms with Crippen molar-refractivity contribution in [2.45, 2.75) is 51.4 Å². The number of aromatic carboxylic acids is 2. The average molecular weight is 1900 g/mol. The number of hydrogen-bond donors (Lipinski definition) is 5. The fourth-order valence-corrected chi connectivity index (χ4v) is 15.7. The molecule has 17 aromatic rings.